The first kappa shape index (κ1) is 13.1. The van der Waals surface area contributed by atoms with Crippen LogP contribution in [0.2, 0.25) is 5.15 Å². The van der Waals surface area contributed by atoms with Crippen molar-refractivity contribution in [2.24, 2.45) is 5.92 Å². The molecule has 0 aromatic carbocycles. The number of aromatic nitrogens is 1. The smallest absolute Gasteiger partial charge is 0.255 e. The average Bonchev–Trinajstić information content (AvgIpc) is 2.29. The minimum absolute atomic E-state index is 0.168. The monoisotopic (exact) mass is 269 g/mol. The molecule has 2 rings (SSSR count). The number of pyridine rings is 1. The highest BCUT2D eigenvalue weighted by molar-refractivity contribution is 6.29. The first-order chi connectivity index (χ1) is 8.47. The van der Waals surface area contributed by atoms with E-state index < -0.39 is 0 Å². The van der Waals surface area contributed by atoms with Crippen LogP contribution in [0, 0.1) is 5.92 Å². The molecule has 0 spiro atoms. The van der Waals surface area contributed by atoms with Crippen LogP contribution in [0.15, 0.2) is 12.3 Å². The lowest BCUT2D eigenvalue weighted by Crippen LogP contribution is -2.39. The molecule has 0 atom stereocenters. The molecule has 1 aliphatic carbocycles. The Balaban J connectivity index is 2.03. The van der Waals surface area contributed by atoms with Crippen molar-refractivity contribution in [3.05, 3.63) is 23.0 Å². The molecule has 0 radical (unpaired) electrons. The predicted molar refractivity (Wildman–Crippen MR) is 69.4 cm³/mol. The fourth-order valence-electron chi connectivity index (χ4n) is 2.15. The van der Waals surface area contributed by atoms with Crippen molar-refractivity contribution in [1.82, 2.24) is 9.88 Å². The normalized spacial score (nSPS) is 22.4. The van der Waals surface area contributed by atoms with Gasteiger partial charge in [-0.3, -0.25) is 4.79 Å². The SMILES string of the molecule is CN(CC1CC(O)C1)C(=O)c1cc(Cl)ncc1N. The fourth-order valence-corrected chi connectivity index (χ4v) is 2.31. The van der Waals surface area contributed by atoms with Gasteiger partial charge in [0.1, 0.15) is 5.15 Å². The van der Waals surface area contributed by atoms with Gasteiger partial charge in [-0.1, -0.05) is 11.6 Å². The summed E-state index contributed by atoms with van der Waals surface area (Å²) in [5, 5.41) is 9.47. The van der Waals surface area contributed by atoms with Gasteiger partial charge in [0.05, 0.1) is 23.6 Å². The molecule has 5 nitrogen and oxygen atoms in total. The van der Waals surface area contributed by atoms with Gasteiger partial charge in [0.15, 0.2) is 0 Å². The number of aliphatic hydroxyl groups excluding tert-OH is 1. The van der Waals surface area contributed by atoms with Crippen LogP contribution in [0.25, 0.3) is 0 Å². The van der Waals surface area contributed by atoms with E-state index in [9.17, 15) is 9.90 Å². The Kier molecular flexibility index (Phi) is 3.73. The number of hydrogen-bond acceptors (Lipinski definition) is 4. The van der Waals surface area contributed by atoms with Crippen LogP contribution < -0.4 is 5.73 Å². The van der Waals surface area contributed by atoms with Gasteiger partial charge in [-0.2, -0.15) is 0 Å². The summed E-state index contributed by atoms with van der Waals surface area (Å²) in [5.74, 6) is 0.200. The molecule has 0 bridgehead atoms. The molecule has 1 aromatic rings. The predicted octanol–water partition coefficient (Wildman–Crippen LogP) is 1.16. The first-order valence-electron chi connectivity index (χ1n) is 5.82. The summed E-state index contributed by atoms with van der Waals surface area (Å²) < 4.78 is 0. The van der Waals surface area contributed by atoms with Crippen molar-refractivity contribution >= 4 is 23.2 Å². The van der Waals surface area contributed by atoms with Crippen LogP contribution in [0.1, 0.15) is 23.2 Å². The zero-order valence-corrected chi connectivity index (χ0v) is 10.9. The van der Waals surface area contributed by atoms with Crippen molar-refractivity contribution < 1.29 is 9.90 Å². The third-order valence-corrected chi connectivity index (χ3v) is 3.43. The van der Waals surface area contributed by atoms with E-state index in [-0.39, 0.29) is 17.2 Å². The highest BCUT2D eigenvalue weighted by Gasteiger charge is 2.29. The third kappa shape index (κ3) is 2.73. The molecule has 3 N–H and O–H groups in total. The molecule has 0 saturated heterocycles. The fraction of sp³-hybridized carbons (Fsp3) is 0.500. The molecule has 1 aromatic heterocycles. The van der Waals surface area contributed by atoms with Crippen LogP contribution in [-0.2, 0) is 0 Å². The number of aliphatic hydroxyl groups is 1. The van der Waals surface area contributed by atoms with E-state index in [2.05, 4.69) is 4.98 Å². The van der Waals surface area contributed by atoms with Gasteiger partial charge in [-0.05, 0) is 24.8 Å². The van der Waals surface area contributed by atoms with Crippen LogP contribution >= 0.6 is 11.6 Å². The Morgan fingerprint density at radius 2 is 2.33 bits per heavy atom. The lowest BCUT2D eigenvalue weighted by molar-refractivity contribution is 0.0265. The molecule has 1 fully saturated rings. The van der Waals surface area contributed by atoms with Gasteiger partial charge in [0, 0.05) is 13.6 Å². The molecule has 1 aliphatic rings. The maximum absolute atomic E-state index is 12.2. The molecule has 1 saturated carbocycles. The van der Waals surface area contributed by atoms with Crippen molar-refractivity contribution in [2.75, 3.05) is 19.3 Å². The van der Waals surface area contributed by atoms with E-state index in [0.717, 1.165) is 12.8 Å². The highest BCUT2D eigenvalue weighted by atomic mass is 35.5. The van der Waals surface area contributed by atoms with Gasteiger partial charge >= 0.3 is 0 Å². The first-order valence-corrected chi connectivity index (χ1v) is 6.19. The minimum Gasteiger partial charge on any atom is -0.397 e. The number of anilines is 1. The standard InChI is InChI=1S/C12H16ClN3O2/c1-16(6-7-2-8(17)3-7)12(18)9-4-11(13)15-5-10(9)14/h4-5,7-8,17H,2-3,6,14H2,1H3. The second-order valence-electron chi connectivity index (χ2n) is 4.77. The van der Waals surface area contributed by atoms with Crippen molar-refractivity contribution in [3.8, 4) is 0 Å². The molecule has 6 heteroatoms. The topological polar surface area (TPSA) is 79.5 Å². The van der Waals surface area contributed by atoms with E-state index >= 15 is 0 Å². The van der Waals surface area contributed by atoms with E-state index in [1.54, 1.807) is 11.9 Å². The molecule has 1 amide bonds. The van der Waals surface area contributed by atoms with Crippen molar-refractivity contribution in [2.45, 2.75) is 18.9 Å². The summed E-state index contributed by atoms with van der Waals surface area (Å²) in [6, 6.07) is 1.48. The Labute approximate surface area is 111 Å². The summed E-state index contributed by atoms with van der Waals surface area (Å²) in [5.41, 5.74) is 6.42. The van der Waals surface area contributed by atoms with Gasteiger partial charge in [-0.25, -0.2) is 4.98 Å². The maximum atomic E-state index is 12.2. The average molecular weight is 270 g/mol. The molecule has 0 unspecified atom stereocenters. The van der Waals surface area contributed by atoms with Crippen molar-refractivity contribution in [3.63, 3.8) is 0 Å². The lowest BCUT2D eigenvalue weighted by Gasteiger charge is -2.34. The number of carbonyl (C=O) groups excluding carboxylic acids is 1. The summed E-state index contributed by atoms with van der Waals surface area (Å²) in [4.78, 5) is 17.6. The summed E-state index contributed by atoms with van der Waals surface area (Å²) in [6.07, 6.45) is 2.68. The summed E-state index contributed by atoms with van der Waals surface area (Å²) in [6.45, 7) is 0.620. The number of nitrogens with zero attached hydrogens (tertiary/aromatic N) is 2. The highest BCUT2D eigenvalue weighted by Crippen LogP contribution is 2.28. The minimum atomic E-state index is -0.209. The second-order valence-corrected chi connectivity index (χ2v) is 5.16. The molecular weight excluding hydrogens is 254 g/mol. The maximum Gasteiger partial charge on any atom is 0.255 e. The van der Waals surface area contributed by atoms with E-state index in [0.29, 0.717) is 23.7 Å². The zero-order chi connectivity index (χ0) is 13.3. The number of nitrogen functional groups attached to an aromatic ring is 1. The summed E-state index contributed by atoms with van der Waals surface area (Å²) in [7, 11) is 1.72. The van der Waals surface area contributed by atoms with E-state index in [1.165, 1.54) is 12.3 Å². The molecule has 1 heterocycles. The number of rotatable bonds is 3. The zero-order valence-electron chi connectivity index (χ0n) is 10.1. The Hall–Kier alpha value is -1.33. The van der Waals surface area contributed by atoms with Crippen LogP contribution in [0.3, 0.4) is 0 Å². The van der Waals surface area contributed by atoms with Crippen LogP contribution in [0.4, 0.5) is 5.69 Å². The number of nitrogens with two attached hydrogens (primary N) is 1. The third-order valence-electron chi connectivity index (χ3n) is 3.22. The van der Waals surface area contributed by atoms with Gasteiger partial charge in [0.2, 0.25) is 0 Å². The van der Waals surface area contributed by atoms with Gasteiger partial charge in [-0.15, -0.1) is 0 Å². The van der Waals surface area contributed by atoms with E-state index in [4.69, 9.17) is 17.3 Å². The van der Waals surface area contributed by atoms with Gasteiger partial charge in [0.25, 0.3) is 5.91 Å². The number of halogens is 1. The van der Waals surface area contributed by atoms with Crippen LogP contribution in [0.5, 0.6) is 0 Å². The van der Waals surface area contributed by atoms with Gasteiger partial charge < -0.3 is 15.7 Å². The largest absolute Gasteiger partial charge is 0.397 e. The second kappa shape index (κ2) is 5.12. The number of carbonyl (C=O) groups is 1. The molecular formula is C12H16ClN3O2. The summed E-state index contributed by atoms with van der Waals surface area (Å²) >= 11 is 5.76. The lowest BCUT2D eigenvalue weighted by atomic mass is 9.82. The number of hydrogen-bond donors (Lipinski definition) is 2. The van der Waals surface area contributed by atoms with Crippen molar-refractivity contribution in [1.29, 1.82) is 0 Å². The molecule has 98 valence electrons. The molecule has 0 aliphatic heterocycles. The quantitative estimate of drug-likeness (QED) is 0.807. The Morgan fingerprint density at radius 1 is 1.67 bits per heavy atom. The Bertz CT molecular complexity index is 461. The van der Waals surface area contributed by atoms with Crippen LogP contribution in [-0.4, -0.2) is 40.6 Å². The van der Waals surface area contributed by atoms with E-state index in [1.807, 2.05) is 0 Å². The Morgan fingerprint density at radius 3 is 2.94 bits per heavy atom. The molecule has 18 heavy (non-hydrogen) atoms. The number of amides is 1.